The van der Waals surface area contributed by atoms with Crippen molar-refractivity contribution in [1.82, 2.24) is 14.6 Å². The van der Waals surface area contributed by atoms with Crippen LogP contribution in [0.25, 0.3) is 16.9 Å². The number of rotatable bonds is 3. The molecule has 0 amide bonds. The summed E-state index contributed by atoms with van der Waals surface area (Å²) in [6.45, 7) is 2.10. The highest BCUT2D eigenvalue weighted by Gasteiger charge is 2.15. The molecule has 4 nitrogen and oxygen atoms in total. The minimum Gasteiger partial charge on any atom is -0.366 e. The minimum absolute atomic E-state index is 0.566. The van der Waals surface area contributed by atoms with Gasteiger partial charge in [0, 0.05) is 11.6 Å². The predicted octanol–water partition coefficient (Wildman–Crippen LogP) is 4.06. The molecule has 0 unspecified atom stereocenters. The highest BCUT2D eigenvalue weighted by atomic mass is 15.3. The van der Waals surface area contributed by atoms with Crippen LogP contribution in [0.1, 0.15) is 31.2 Å². The molecular formula is C18H20N4. The molecule has 0 atom stereocenters. The van der Waals surface area contributed by atoms with Gasteiger partial charge in [0.05, 0.1) is 11.9 Å². The second kappa shape index (κ2) is 5.44. The molecule has 1 fully saturated rings. The van der Waals surface area contributed by atoms with E-state index < -0.39 is 0 Å². The third kappa shape index (κ3) is 2.45. The first-order valence-corrected chi connectivity index (χ1v) is 7.98. The van der Waals surface area contributed by atoms with E-state index in [1.807, 2.05) is 22.8 Å². The van der Waals surface area contributed by atoms with Gasteiger partial charge in [0.1, 0.15) is 5.82 Å². The number of anilines is 1. The number of nitrogens with zero attached hydrogens (tertiary/aromatic N) is 3. The van der Waals surface area contributed by atoms with Crippen LogP contribution >= 0.6 is 0 Å². The van der Waals surface area contributed by atoms with Gasteiger partial charge in [-0.1, -0.05) is 36.6 Å². The van der Waals surface area contributed by atoms with Crippen LogP contribution in [0.5, 0.6) is 0 Å². The van der Waals surface area contributed by atoms with E-state index in [2.05, 4.69) is 41.5 Å². The molecule has 112 valence electrons. The van der Waals surface area contributed by atoms with Crippen molar-refractivity contribution in [3.63, 3.8) is 0 Å². The second-order valence-electron chi connectivity index (χ2n) is 6.13. The molecule has 2 heterocycles. The van der Waals surface area contributed by atoms with E-state index in [9.17, 15) is 0 Å². The molecule has 0 saturated heterocycles. The number of hydrogen-bond acceptors (Lipinski definition) is 3. The number of benzene rings is 1. The van der Waals surface area contributed by atoms with Crippen molar-refractivity contribution < 1.29 is 0 Å². The van der Waals surface area contributed by atoms with Gasteiger partial charge >= 0.3 is 0 Å². The summed E-state index contributed by atoms with van der Waals surface area (Å²) in [6, 6.07) is 13.1. The average molecular weight is 292 g/mol. The summed E-state index contributed by atoms with van der Waals surface area (Å²) in [5.74, 6) is 0.936. The molecule has 1 aliphatic rings. The molecular weight excluding hydrogens is 272 g/mol. The van der Waals surface area contributed by atoms with E-state index in [0.717, 1.165) is 22.7 Å². The third-order valence-electron chi connectivity index (χ3n) is 4.38. The molecule has 0 radical (unpaired) electrons. The predicted molar refractivity (Wildman–Crippen MR) is 89.0 cm³/mol. The topological polar surface area (TPSA) is 42.2 Å². The van der Waals surface area contributed by atoms with Crippen LogP contribution in [0.3, 0.4) is 0 Å². The van der Waals surface area contributed by atoms with Crippen LogP contribution in [0.15, 0.2) is 42.6 Å². The van der Waals surface area contributed by atoms with Gasteiger partial charge in [0.2, 0.25) is 0 Å². The average Bonchev–Trinajstić information content (AvgIpc) is 3.16. The largest absolute Gasteiger partial charge is 0.366 e. The smallest absolute Gasteiger partial charge is 0.154 e. The van der Waals surface area contributed by atoms with Crippen molar-refractivity contribution in [2.24, 2.45) is 0 Å². The first kappa shape index (κ1) is 13.3. The maximum Gasteiger partial charge on any atom is 0.154 e. The SMILES string of the molecule is Cc1cccc(-c2cnc3ccc(NC4CCCC4)nn23)c1. The Balaban J connectivity index is 1.73. The van der Waals surface area contributed by atoms with Crippen LogP contribution < -0.4 is 5.32 Å². The summed E-state index contributed by atoms with van der Waals surface area (Å²) >= 11 is 0. The van der Waals surface area contributed by atoms with E-state index in [0.29, 0.717) is 6.04 Å². The molecule has 1 aliphatic carbocycles. The van der Waals surface area contributed by atoms with Gasteiger partial charge in [-0.2, -0.15) is 0 Å². The second-order valence-corrected chi connectivity index (χ2v) is 6.13. The molecule has 4 heteroatoms. The lowest BCUT2D eigenvalue weighted by atomic mass is 10.1. The van der Waals surface area contributed by atoms with Crippen molar-refractivity contribution in [2.75, 3.05) is 5.32 Å². The van der Waals surface area contributed by atoms with Crippen LogP contribution in [-0.2, 0) is 0 Å². The van der Waals surface area contributed by atoms with Gasteiger partial charge in [0.15, 0.2) is 5.65 Å². The maximum atomic E-state index is 4.75. The lowest BCUT2D eigenvalue weighted by molar-refractivity contribution is 0.743. The number of nitrogens with one attached hydrogen (secondary N) is 1. The Morgan fingerprint density at radius 1 is 1.14 bits per heavy atom. The molecule has 1 N–H and O–H groups in total. The van der Waals surface area contributed by atoms with Crippen LogP contribution in [-0.4, -0.2) is 20.6 Å². The van der Waals surface area contributed by atoms with Gasteiger partial charge in [-0.15, -0.1) is 5.10 Å². The highest BCUT2D eigenvalue weighted by Crippen LogP contribution is 2.24. The van der Waals surface area contributed by atoms with E-state index in [-0.39, 0.29) is 0 Å². The molecule has 0 spiro atoms. The number of imidazole rings is 1. The van der Waals surface area contributed by atoms with E-state index >= 15 is 0 Å². The first-order valence-electron chi connectivity index (χ1n) is 7.98. The third-order valence-corrected chi connectivity index (χ3v) is 4.38. The van der Waals surface area contributed by atoms with Gasteiger partial charge in [-0.25, -0.2) is 9.50 Å². The monoisotopic (exact) mass is 292 g/mol. The molecule has 1 saturated carbocycles. The molecule has 22 heavy (non-hydrogen) atoms. The van der Waals surface area contributed by atoms with Crippen molar-refractivity contribution in [2.45, 2.75) is 38.6 Å². The molecule has 0 aliphatic heterocycles. The molecule has 3 aromatic rings. The summed E-state index contributed by atoms with van der Waals surface area (Å²) in [5, 5.41) is 8.30. The molecule has 1 aromatic carbocycles. The van der Waals surface area contributed by atoms with Crippen LogP contribution in [0.2, 0.25) is 0 Å². The fraction of sp³-hybridized carbons (Fsp3) is 0.333. The maximum absolute atomic E-state index is 4.75. The van der Waals surface area contributed by atoms with E-state index in [1.165, 1.54) is 31.2 Å². The Morgan fingerprint density at radius 2 is 2.00 bits per heavy atom. The van der Waals surface area contributed by atoms with Gasteiger partial charge in [-0.05, 0) is 38.0 Å². The van der Waals surface area contributed by atoms with Crippen molar-refractivity contribution in [3.05, 3.63) is 48.2 Å². The number of hydrogen-bond donors (Lipinski definition) is 1. The summed E-state index contributed by atoms with van der Waals surface area (Å²) in [4.78, 5) is 4.47. The molecule has 4 rings (SSSR count). The molecule has 0 bridgehead atoms. The van der Waals surface area contributed by atoms with Gasteiger partial charge < -0.3 is 5.32 Å². The van der Waals surface area contributed by atoms with E-state index in [4.69, 9.17) is 5.10 Å². The Labute approximate surface area is 130 Å². The Morgan fingerprint density at radius 3 is 2.82 bits per heavy atom. The summed E-state index contributed by atoms with van der Waals surface area (Å²) in [5.41, 5.74) is 4.31. The van der Waals surface area contributed by atoms with Crippen molar-refractivity contribution >= 4 is 11.5 Å². The van der Waals surface area contributed by atoms with E-state index in [1.54, 1.807) is 0 Å². The van der Waals surface area contributed by atoms with Gasteiger partial charge in [0.25, 0.3) is 0 Å². The fourth-order valence-electron chi connectivity index (χ4n) is 3.23. The summed E-state index contributed by atoms with van der Waals surface area (Å²) in [6.07, 6.45) is 7.03. The van der Waals surface area contributed by atoms with Crippen LogP contribution in [0, 0.1) is 6.92 Å². The molecule has 2 aromatic heterocycles. The quantitative estimate of drug-likeness (QED) is 0.791. The Hall–Kier alpha value is -2.36. The fourth-order valence-corrected chi connectivity index (χ4v) is 3.23. The number of aromatic nitrogens is 3. The Kier molecular flexibility index (Phi) is 3.29. The summed E-state index contributed by atoms with van der Waals surface area (Å²) in [7, 11) is 0. The standard InChI is InChI=1S/C18H20N4/c1-13-5-4-6-14(11-13)16-12-19-18-10-9-17(21-22(16)18)20-15-7-2-3-8-15/h4-6,9-12,15H,2-3,7-8H2,1H3,(H,20,21). The zero-order chi connectivity index (χ0) is 14.9. The normalized spacial score (nSPS) is 15.5. The first-order chi connectivity index (χ1) is 10.8. The van der Waals surface area contributed by atoms with Gasteiger partial charge in [-0.3, -0.25) is 0 Å². The minimum atomic E-state index is 0.566. The van der Waals surface area contributed by atoms with Crippen LogP contribution in [0.4, 0.5) is 5.82 Å². The summed E-state index contributed by atoms with van der Waals surface area (Å²) < 4.78 is 1.94. The van der Waals surface area contributed by atoms with Crippen molar-refractivity contribution in [1.29, 1.82) is 0 Å². The zero-order valence-corrected chi connectivity index (χ0v) is 12.8. The lowest BCUT2D eigenvalue weighted by Gasteiger charge is -2.12. The number of aryl methyl sites for hydroxylation is 1. The Bertz CT molecular complexity index is 800. The van der Waals surface area contributed by atoms with Crippen molar-refractivity contribution in [3.8, 4) is 11.3 Å². The number of fused-ring (bicyclic) bond motifs is 1. The zero-order valence-electron chi connectivity index (χ0n) is 12.8. The lowest BCUT2D eigenvalue weighted by Crippen LogP contribution is -2.16. The highest BCUT2D eigenvalue weighted by molar-refractivity contribution is 5.64.